The predicted molar refractivity (Wildman–Crippen MR) is 94.4 cm³/mol. The first-order chi connectivity index (χ1) is 11.5. The molecule has 3 fully saturated rings. The van der Waals surface area contributed by atoms with E-state index in [2.05, 4.69) is 12.2 Å². The highest BCUT2D eigenvalue weighted by molar-refractivity contribution is 5.72. The number of rotatable bonds is 7. The predicted octanol–water partition coefficient (Wildman–Crippen LogP) is 3.77. The first-order valence-corrected chi connectivity index (χ1v) is 10.2. The van der Waals surface area contributed by atoms with Crippen LogP contribution in [0.25, 0.3) is 0 Å². The van der Waals surface area contributed by atoms with Gasteiger partial charge < -0.3 is 9.84 Å². The van der Waals surface area contributed by atoms with Gasteiger partial charge in [-0.25, -0.2) is 0 Å². The van der Waals surface area contributed by atoms with Crippen molar-refractivity contribution in [1.82, 2.24) is 5.32 Å². The van der Waals surface area contributed by atoms with Gasteiger partial charge in [0.2, 0.25) is 0 Å². The maximum absolute atomic E-state index is 12.3. The highest BCUT2D eigenvalue weighted by Crippen LogP contribution is 2.59. The number of carbonyl (C=O) groups excluding carboxylic acids is 1. The van der Waals surface area contributed by atoms with E-state index in [0.29, 0.717) is 5.92 Å². The van der Waals surface area contributed by atoms with Crippen molar-refractivity contribution < 1.29 is 14.6 Å². The molecule has 1 saturated heterocycles. The van der Waals surface area contributed by atoms with Crippen LogP contribution in [-0.2, 0) is 9.53 Å². The monoisotopic (exact) mass is 337 g/mol. The fraction of sp³-hybridized carbons (Fsp3) is 0.950. The lowest BCUT2D eigenvalue weighted by atomic mass is 9.50. The molecule has 138 valence electrons. The third kappa shape index (κ3) is 3.50. The Kier molecular flexibility index (Phi) is 5.55. The fourth-order valence-electron chi connectivity index (χ4n) is 5.10. The summed E-state index contributed by atoms with van der Waals surface area (Å²) in [4.78, 5) is 12.3. The first kappa shape index (κ1) is 18.2. The van der Waals surface area contributed by atoms with Gasteiger partial charge in [0.05, 0.1) is 11.5 Å². The van der Waals surface area contributed by atoms with E-state index < -0.39 is 5.60 Å². The van der Waals surface area contributed by atoms with E-state index in [-0.39, 0.29) is 23.5 Å². The van der Waals surface area contributed by atoms with Crippen molar-refractivity contribution in [3.05, 3.63) is 0 Å². The summed E-state index contributed by atoms with van der Waals surface area (Å²) in [6.45, 7) is 5.03. The van der Waals surface area contributed by atoms with Crippen molar-refractivity contribution >= 4 is 5.97 Å². The standard InChI is InChI=1S/C20H35NO3/c1-3-4-6-9-15(2)17(22)24-18-19(14-21-18)12-20(23,13-19)16-10-7-5-8-11-16/h15-16,18,21,23H,3-14H2,1-2H3. The van der Waals surface area contributed by atoms with Gasteiger partial charge in [-0.3, -0.25) is 10.1 Å². The van der Waals surface area contributed by atoms with Gasteiger partial charge in [-0.1, -0.05) is 52.4 Å². The second kappa shape index (κ2) is 7.33. The Morgan fingerprint density at radius 3 is 2.54 bits per heavy atom. The van der Waals surface area contributed by atoms with Gasteiger partial charge in [0.25, 0.3) is 0 Å². The van der Waals surface area contributed by atoms with Crippen LogP contribution >= 0.6 is 0 Å². The van der Waals surface area contributed by atoms with Crippen LogP contribution in [0.15, 0.2) is 0 Å². The quantitative estimate of drug-likeness (QED) is 0.548. The number of ether oxygens (including phenoxy) is 1. The lowest BCUT2D eigenvalue weighted by molar-refractivity contribution is -0.254. The van der Waals surface area contributed by atoms with E-state index in [1.54, 1.807) is 0 Å². The summed E-state index contributed by atoms with van der Waals surface area (Å²) in [5.74, 6) is 0.367. The second-order valence-corrected chi connectivity index (χ2v) is 8.75. The molecule has 2 saturated carbocycles. The summed E-state index contributed by atoms with van der Waals surface area (Å²) in [7, 11) is 0. The van der Waals surface area contributed by atoms with Crippen molar-refractivity contribution in [2.75, 3.05) is 6.54 Å². The minimum Gasteiger partial charge on any atom is -0.446 e. The Labute approximate surface area is 146 Å². The minimum atomic E-state index is -0.500. The summed E-state index contributed by atoms with van der Waals surface area (Å²) in [5.41, 5.74) is -0.495. The molecular formula is C20H35NO3. The lowest BCUT2D eigenvalue weighted by Crippen LogP contribution is -2.75. The van der Waals surface area contributed by atoms with Crippen molar-refractivity contribution in [3.63, 3.8) is 0 Å². The molecule has 0 aromatic heterocycles. The molecule has 2 atom stereocenters. The van der Waals surface area contributed by atoms with Crippen LogP contribution in [0.4, 0.5) is 0 Å². The molecule has 0 bridgehead atoms. The van der Waals surface area contributed by atoms with E-state index >= 15 is 0 Å². The third-order valence-electron chi connectivity index (χ3n) is 6.75. The molecular weight excluding hydrogens is 302 g/mol. The maximum Gasteiger partial charge on any atom is 0.310 e. The van der Waals surface area contributed by atoms with Gasteiger partial charge in [-0.05, 0) is 38.0 Å². The van der Waals surface area contributed by atoms with Crippen LogP contribution in [0.2, 0.25) is 0 Å². The Morgan fingerprint density at radius 1 is 1.25 bits per heavy atom. The van der Waals surface area contributed by atoms with Gasteiger partial charge in [0, 0.05) is 12.0 Å². The number of carbonyl (C=O) groups is 1. The summed E-state index contributed by atoms with van der Waals surface area (Å²) in [5, 5.41) is 14.2. The lowest BCUT2D eigenvalue weighted by Gasteiger charge is -2.64. The zero-order valence-electron chi connectivity index (χ0n) is 15.5. The van der Waals surface area contributed by atoms with Crippen LogP contribution in [0.1, 0.15) is 84.5 Å². The van der Waals surface area contributed by atoms with Gasteiger partial charge >= 0.3 is 5.97 Å². The zero-order chi connectivity index (χ0) is 17.2. The SMILES string of the molecule is CCCCCC(C)C(=O)OC1NCC12CC(O)(C1CCCCC1)C2. The smallest absolute Gasteiger partial charge is 0.310 e. The molecule has 24 heavy (non-hydrogen) atoms. The molecule has 3 rings (SSSR count). The highest BCUT2D eigenvalue weighted by Gasteiger charge is 2.65. The molecule has 1 heterocycles. The molecule has 2 unspecified atom stereocenters. The van der Waals surface area contributed by atoms with Gasteiger partial charge in [-0.15, -0.1) is 0 Å². The number of hydrogen-bond acceptors (Lipinski definition) is 4. The molecule has 1 spiro atoms. The molecule has 0 amide bonds. The van der Waals surface area contributed by atoms with Crippen LogP contribution < -0.4 is 5.32 Å². The largest absolute Gasteiger partial charge is 0.446 e. The summed E-state index contributed by atoms with van der Waals surface area (Å²) in [6, 6.07) is 0. The van der Waals surface area contributed by atoms with E-state index in [0.717, 1.165) is 32.2 Å². The molecule has 0 aromatic rings. The van der Waals surface area contributed by atoms with Crippen LogP contribution in [0.3, 0.4) is 0 Å². The number of nitrogens with one attached hydrogen (secondary N) is 1. The number of aliphatic hydroxyl groups is 1. The topological polar surface area (TPSA) is 58.6 Å². The Bertz CT molecular complexity index is 438. The van der Waals surface area contributed by atoms with E-state index in [4.69, 9.17) is 4.74 Å². The maximum atomic E-state index is 12.3. The van der Waals surface area contributed by atoms with E-state index in [1.165, 1.54) is 44.9 Å². The van der Waals surface area contributed by atoms with Crippen molar-refractivity contribution in [2.45, 2.75) is 96.3 Å². The molecule has 3 aliphatic rings. The summed E-state index contributed by atoms with van der Waals surface area (Å²) >= 11 is 0. The Balaban J connectivity index is 1.46. The Morgan fingerprint density at radius 2 is 1.96 bits per heavy atom. The average Bonchev–Trinajstić information content (AvgIpc) is 2.56. The minimum absolute atomic E-state index is 0.00496. The normalized spacial score (nSPS) is 37.5. The molecule has 4 nitrogen and oxygen atoms in total. The Hall–Kier alpha value is -0.610. The molecule has 2 N–H and O–H groups in total. The fourth-order valence-corrected chi connectivity index (χ4v) is 5.10. The molecule has 0 aromatic carbocycles. The van der Waals surface area contributed by atoms with E-state index in [9.17, 15) is 9.90 Å². The molecule has 1 aliphatic heterocycles. The molecule has 4 heteroatoms. The van der Waals surface area contributed by atoms with E-state index in [1.807, 2.05) is 6.92 Å². The second-order valence-electron chi connectivity index (χ2n) is 8.75. The first-order valence-electron chi connectivity index (χ1n) is 10.2. The highest BCUT2D eigenvalue weighted by atomic mass is 16.6. The molecule has 2 aliphatic carbocycles. The van der Waals surface area contributed by atoms with Gasteiger partial charge in [0.1, 0.15) is 0 Å². The molecule has 0 radical (unpaired) electrons. The number of esters is 1. The summed E-state index contributed by atoms with van der Waals surface area (Å²) < 4.78 is 5.76. The van der Waals surface area contributed by atoms with Crippen LogP contribution in [0, 0.1) is 17.3 Å². The number of unbranched alkanes of at least 4 members (excludes halogenated alkanes) is 2. The van der Waals surface area contributed by atoms with Gasteiger partial charge in [0.15, 0.2) is 6.23 Å². The van der Waals surface area contributed by atoms with Crippen molar-refractivity contribution in [3.8, 4) is 0 Å². The average molecular weight is 338 g/mol. The van der Waals surface area contributed by atoms with Crippen LogP contribution in [0.5, 0.6) is 0 Å². The number of hydrogen-bond donors (Lipinski definition) is 2. The van der Waals surface area contributed by atoms with Crippen LogP contribution in [-0.4, -0.2) is 29.4 Å². The van der Waals surface area contributed by atoms with Crippen molar-refractivity contribution in [2.24, 2.45) is 17.3 Å². The van der Waals surface area contributed by atoms with Gasteiger partial charge in [-0.2, -0.15) is 0 Å². The zero-order valence-corrected chi connectivity index (χ0v) is 15.5. The van der Waals surface area contributed by atoms with Crippen molar-refractivity contribution in [1.29, 1.82) is 0 Å². The third-order valence-corrected chi connectivity index (χ3v) is 6.75. The summed E-state index contributed by atoms with van der Waals surface area (Å²) in [6.07, 6.45) is 12.0.